The standard InChI is InChI=1S/C23H26ClFN4O3/c1-14(30)27-17-10-16(11-18(12-17)28-15(2)31)23(32)26-13-21(29-8-3-4-9-29)22-19(24)6-5-7-20(22)25/h5-7,10-12,21H,3-4,8-9,13H2,1-2H3,(H,26,32)(H,27,30)(H,28,31)/t21-/m1/s1. The fraction of sp³-hybridized carbons (Fsp3) is 0.348. The molecule has 1 aliphatic rings. The fourth-order valence-corrected chi connectivity index (χ4v) is 4.19. The van der Waals surface area contributed by atoms with Crippen LogP contribution in [0.3, 0.4) is 0 Å². The Labute approximate surface area is 191 Å². The topological polar surface area (TPSA) is 90.5 Å². The average molecular weight is 461 g/mol. The van der Waals surface area contributed by atoms with Crippen molar-refractivity contribution in [2.75, 3.05) is 30.3 Å². The normalized spacial score (nSPS) is 14.6. The minimum atomic E-state index is -0.416. The molecule has 1 heterocycles. The van der Waals surface area contributed by atoms with Gasteiger partial charge in [-0.05, 0) is 56.3 Å². The molecule has 0 aliphatic carbocycles. The van der Waals surface area contributed by atoms with E-state index in [1.165, 1.54) is 32.0 Å². The number of carbonyl (C=O) groups is 3. The SMILES string of the molecule is CC(=O)Nc1cc(NC(C)=O)cc(C(=O)NC[C@H](c2c(F)cccc2Cl)N2CCCC2)c1. The lowest BCUT2D eigenvalue weighted by molar-refractivity contribution is -0.115. The molecular formula is C23H26ClFN4O3. The van der Waals surface area contributed by atoms with Crippen LogP contribution in [0.5, 0.6) is 0 Å². The van der Waals surface area contributed by atoms with Crippen molar-refractivity contribution in [1.82, 2.24) is 10.2 Å². The van der Waals surface area contributed by atoms with Gasteiger partial charge in [0.25, 0.3) is 5.91 Å². The first-order valence-electron chi connectivity index (χ1n) is 10.4. The van der Waals surface area contributed by atoms with Gasteiger partial charge < -0.3 is 16.0 Å². The summed E-state index contributed by atoms with van der Waals surface area (Å²) >= 11 is 6.31. The monoisotopic (exact) mass is 460 g/mol. The number of rotatable bonds is 7. The molecule has 7 nitrogen and oxygen atoms in total. The number of anilines is 2. The van der Waals surface area contributed by atoms with Crippen LogP contribution in [0.1, 0.15) is 48.7 Å². The first kappa shape index (κ1) is 23.7. The summed E-state index contributed by atoms with van der Waals surface area (Å²) in [6.45, 7) is 4.43. The second-order valence-corrected chi connectivity index (χ2v) is 8.17. The van der Waals surface area contributed by atoms with Gasteiger partial charge in [-0.25, -0.2) is 4.39 Å². The molecule has 0 aromatic heterocycles. The molecule has 170 valence electrons. The van der Waals surface area contributed by atoms with Gasteiger partial charge in [0, 0.05) is 47.9 Å². The van der Waals surface area contributed by atoms with Crippen LogP contribution in [0.2, 0.25) is 5.02 Å². The van der Waals surface area contributed by atoms with Crippen LogP contribution in [0, 0.1) is 5.82 Å². The maximum absolute atomic E-state index is 14.6. The smallest absolute Gasteiger partial charge is 0.251 e. The van der Waals surface area contributed by atoms with E-state index >= 15 is 0 Å². The lowest BCUT2D eigenvalue weighted by Gasteiger charge is -2.29. The van der Waals surface area contributed by atoms with Crippen molar-refractivity contribution in [3.8, 4) is 0 Å². The molecule has 1 fully saturated rings. The van der Waals surface area contributed by atoms with E-state index in [1.54, 1.807) is 18.2 Å². The van der Waals surface area contributed by atoms with Crippen LogP contribution in [-0.2, 0) is 9.59 Å². The lowest BCUT2D eigenvalue weighted by atomic mass is 10.0. The highest BCUT2D eigenvalue weighted by atomic mass is 35.5. The number of benzene rings is 2. The number of nitrogens with one attached hydrogen (secondary N) is 3. The molecule has 2 aromatic carbocycles. The van der Waals surface area contributed by atoms with Crippen molar-refractivity contribution in [2.45, 2.75) is 32.7 Å². The van der Waals surface area contributed by atoms with Crippen molar-refractivity contribution in [1.29, 1.82) is 0 Å². The van der Waals surface area contributed by atoms with Crippen molar-refractivity contribution in [3.05, 3.63) is 58.4 Å². The molecule has 0 bridgehead atoms. The van der Waals surface area contributed by atoms with Gasteiger partial charge in [-0.3, -0.25) is 19.3 Å². The third-order valence-corrected chi connectivity index (χ3v) is 5.54. The number of amides is 3. The number of likely N-dealkylation sites (tertiary alicyclic amines) is 1. The Morgan fingerprint density at radius 3 is 2.16 bits per heavy atom. The van der Waals surface area contributed by atoms with Gasteiger partial charge >= 0.3 is 0 Å². The number of hydrogen-bond donors (Lipinski definition) is 3. The van der Waals surface area contributed by atoms with E-state index in [0.29, 0.717) is 22.0 Å². The van der Waals surface area contributed by atoms with Gasteiger partial charge in [0.05, 0.1) is 6.04 Å². The Balaban J connectivity index is 1.84. The van der Waals surface area contributed by atoms with Gasteiger partial charge in [0.2, 0.25) is 11.8 Å². The van der Waals surface area contributed by atoms with Crippen molar-refractivity contribution >= 4 is 40.7 Å². The molecule has 0 saturated carbocycles. The Kier molecular flexibility index (Phi) is 7.82. The summed E-state index contributed by atoms with van der Waals surface area (Å²) < 4.78 is 14.6. The molecule has 32 heavy (non-hydrogen) atoms. The predicted molar refractivity (Wildman–Crippen MR) is 122 cm³/mol. The molecule has 0 unspecified atom stereocenters. The number of hydrogen-bond acceptors (Lipinski definition) is 4. The zero-order valence-electron chi connectivity index (χ0n) is 18.0. The molecule has 3 rings (SSSR count). The minimum Gasteiger partial charge on any atom is -0.350 e. The average Bonchev–Trinajstić information content (AvgIpc) is 3.23. The highest BCUT2D eigenvalue weighted by Crippen LogP contribution is 2.32. The van der Waals surface area contributed by atoms with Crippen molar-refractivity contribution < 1.29 is 18.8 Å². The maximum Gasteiger partial charge on any atom is 0.251 e. The first-order valence-corrected chi connectivity index (χ1v) is 10.8. The minimum absolute atomic E-state index is 0.152. The second kappa shape index (κ2) is 10.6. The predicted octanol–water partition coefficient (Wildman–Crippen LogP) is 3.96. The van der Waals surface area contributed by atoms with Crippen molar-refractivity contribution in [3.63, 3.8) is 0 Å². The fourth-order valence-electron chi connectivity index (χ4n) is 3.90. The molecule has 1 atom stereocenters. The molecule has 1 aliphatic heterocycles. The summed E-state index contributed by atoms with van der Waals surface area (Å²) in [7, 11) is 0. The maximum atomic E-state index is 14.6. The molecule has 9 heteroatoms. The Morgan fingerprint density at radius 1 is 1.03 bits per heavy atom. The summed E-state index contributed by atoms with van der Waals surface area (Å²) in [5.41, 5.74) is 1.37. The highest BCUT2D eigenvalue weighted by Gasteiger charge is 2.28. The van der Waals surface area contributed by atoms with E-state index in [2.05, 4.69) is 20.9 Å². The molecule has 1 saturated heterocycles. The van der Waals surface area contributed by atoms with E-state index in [-0.39, 0.29) is 23.9 Å². The molecular weight excluding hydrogens is 435 g/mol. The molecule has 0 radical (unpaired) electrons. The van der Waals surface area contributed by atoms with Crippen molar-refractivity contribution in [2.24, 2.45) is 0 Å². The molecule has 3 amide bonds. The van der Waals surface area contributed by atoms with Crippen LogP contribution >= 0.6 is 11.6 Å². The van der Waals surface area contributed by atoms with E-state index in [0.717, 1.165) is 25.9 Å². The van der Waals surface area contributed by atoms with Crippen LogP contribution in [0.15, 0.2) is 36.4 Å². The molecule has 3 N–H and O–H groups in total. The van der Waals surface area contributed by atoms with Crippen LogP contribution in [0.4, 0.5) is 15.8 Å². The summed E-state index contributed by atoms with van der Waals surface area (Å²) in [6, 6.07) is 8.74. The van der Waals surface area contributed by atoms with Crippen LogP contribution in [0.25, 0.3) is 0 Å². The Bertz CT molecular complexity index is 970. The van der Waals surface area contributed by atoms with Gasteiger partial charge in [0.1, 0.15) is 5.82 Å². The summed E-state index contributed by atoms with van der Waals surface area (Å²) in [5, 5.41) is 8.41. The van der Waals surface area contributed by atoms with Gasteiger partial charge in [-0.15, -0.1) is 0 Å². The van der Waals surface area contributed by atoms with Gasteiger partial charge in [-0.1, -0.05) is 17.7 Å². The molecule has 2 aromatic rings. The van der Waals surface area contributed by atoms with Gasteiger partial charge in [-0.2, -0.15) is 0 Å². The van der Waals surface area contributed by atoms with E-state index < -0.39 is 17.8 Å². The molecule has 0 spiro atoms. The summed E-state index contributed by atoms with van der Waals surface area (Å²) in [6.07, 6.45) is 1.99. The van der Waals surface area contributed by atoms with E-state index in [9.17, 15) is 18.8 Å². The Morgan fingerprint density at radius 2 is 1.62 bits per heavy atom. The third kappa shape index (κ3) is 6.05. The zero-order chi connectivity index (χ0) is 23.3. The van der Waals surface area contributed by atoms with Crippen LogP contribution < -0.4 is 16.0 Å². The Hall–Kier alpha value is -2.97. The number of nitrogens with zero attached hydrogens (tertiary/aromatic N) is 1. The zero-order valence-corrected chi connectivity index (χ0v) is 18.8. The largest absolute Gasteiger partial charge is 0.350 e. The lowest BCUT2D eigenvalue weighted by Crippen LogP contribution is -2.37. The second-order valence-electron chi connectivity index (χ2n) is 7.77. The summed E-state index contributed by atoms with van der Waals surface area (Å²) in [4.78, 5) is 38.0. The van der Waals surface area contributed by atoms with Gasteiger partial charge in [0.15, 0.2) is 0 Å². The van der Waals surface area contributed by atoms with E-state index in [1.807, 2.05) is 0 Å². The third-order valence-electron chi connectivity index (χ3n) is 5.21. The first-order chi connectivity index (χ1) is 15.2. The number of halogens is 2. The summed E-state index contributed by atoms with van der Waals surface area (Å²) in [5.74, 6) is -1.44. The quantitative estimate of drug-likeness (QED) is 0.583. The number of carbonyl (C=O) groups excluding carboxylic acids is 3. The van der Waals surface area contributed by atoms with E-state index in [4.69, 9.17) is 11.6 Å². The van der Waals surface area contributed by atoms with Crippen LogP contribution in [-0.4, -0.2) is 42.3 Å². The highest BCUT2D eigenvalue weighted by molar-refractivity contribution is 6.31.